The summed E-state index contributed by atoms with van der Waals surface area (Å²) in [6.07, 6.45) is 1.13. The van der Waals surface area contributed by atoms with Gasteiger partial charge in [0, 0.05) is 33.2 Å². The third kappa shape index (κ3) is 7.98. The van der Waals surface area contributed by atoms with Crippen molar-refractivity contribution in [2.75, 3.05) is 33.7 Å². The van der Waals surface area contributed by atoms with Gasteiger partial charge in [0.1, 0.15) is 5.82 Å². The van der Waals surface area contributed by atoms with Gasteiger partial charge in [-0.15, -0.1) is 0 Å². The lowest BCUT2D eigenvalue weighted by Crippen LogP contribution is -2.41. The normalized spacial score (nSPS) is 12.0. The first kappa shape index (κ1) is 18.4. The third-order valence-corrected chi connectivity index (χ3v) is 3.39. The van der Waals surface area contributed by atoms with E-state index in [4.69, 9.17) is 0 Å². The SMILES string of the molecule is CN=C(NCCC(C)C)NCCN(C)Cc1ccc(F)cc1. The quantitative estimate of drug-likeness (QED) is 0.572. The largest absolute Gasteiger partial charge is 0.356 e. The molecule has 22 heavy (non-hydrogen) atoms. The molecule has 0 saturated heterocycles. The number of benzene rings is 1. The average molecular weight is 308 g/mol. The van der Waals surface area contributed by atoms with Gasteiger partial charge in [-0.1, -0.05) is 26.0 Å². The van der Waals surface area contributed by atoms with Crippen LogP contribution in [-0.2, 0) is 6.54 Å². The molecule has 1 aromatic rings. The van der Waals surface area contributed by atoms with Gasteiger partial charge in [-0.2, -0.15) is 0 Å². The molecule has 0 saturated carbocycles. The molecule has 4 nitrogen and oxygen atoms in total. The minimum Gasteiger partial charge on any atom is -0.356 e. The Morgan fingerprint density at radius 2 is 1.82 bits per heavy atom. The summed E-state index contributed by atoms with van der Waals surface area (Å²) in [5.41, 5.74) is 1.11. The predicted octanol–water partition coefficient (Wildman–Crippen LogP) is 2.47. The van der Waals surface area contributed by atoms with Gasteiger partial charge >= 0.3 is 0 Å². The number of nitrogens with zero attached hydrogens (tertiary/aromatic N) is 2. The maximum atomic E-state index is 12.9. The van der Waals surface area contributed by atoms with E-state index in [-0.39, 0.29) is 5.82 Å². The van der Waals surface area contributed by atoms with Crippen LogP contribution in [0.5, 0.6) is 0 Å². The second kappa shape index (κ2) is 10.2. The summed E-state index contributed by atoms with van der Waals surface area (Å²) in [7, 11) is 3.84. The van der Waals surface area contributed by atoms with Crippen LogP contribution in [0.4, 0.5) is 4.39 Å². The van der Waals surface area contributed by atoms with Crippen LogP contribution < -0.4 is 10.6 Å². The van der Waals surface area contributed by atoms with Crippen molar-refractivity contribution in [2.24, 2.45) is 10.9 Å². The molecule has 0 aliphatic carbocycles. The van der Waals surface area contributed by atoms with Gasteiger partial charge in [-0.3, -0.25) is 4.99 Å². The highest BCUT2D eigenvalue weighted by Crippen LogP contribution is 2.05. The molecule has 0 atom stereocenters. The van der Waals surface area contributed by atoms with Crippen LogP contribution in [-0.4, -0.2) is 44.6 Å². The lowest BCUT2D eigenvalue weighted by molar-refractivity contribution is 0.331. The molecule has 0 unspecified atom stereocenters. The number of halogens is 1. The molecular weight excluding hydrogens is 279 g/mol. The zero-order valence-corrected chi connectivity index (χ0v) is 14.2. The molecule has 1 aromatic carbocycles. The molecule has 5 heteroatoms. The first-order valence-electron chi connectivity index (χ1n) is 7.88. The lowest BCUT2D eigenvalue weighted by Gasteiger charge is -2.18. The number of guanidine groups is 1. The number of aliphatic imine (C=N–C) groups is 1. The van der Waals surface area contributed by atoms with Crippen LogP contribution in [0.25, 0.3) is 0 Å². The summed E-state index contributed by atoms with van der Waals surface area (Å²) in [4.78, 5) is 6.41. The maximum absolute atomic E-state index is 12.9. The fraction of sp³-hybridized carbons (Fsp3) is 0.588. The van der Waals surface area contributed by atoms with Crippen LogP contribution in [0.1, 0.15) is 25.8 Å². The first-order chi connectivity index (χ1) is 10.5. The summed E-state index contributed by atoms with van der Waals surface area (Å²) in [6.45, 7) is 7.87. The van der Waals surface area contributed by atoms with Crippen LogP contribution in [0.2, 0.25) is 0 Å². The summed E-state index contributed by atoms with van der Waals surface area (Å²) >= 11 is 0. The van der Waals surface area contributed by atoms with Gasteiger partial charge in [0.05, 0.1) is 0 Å². The molecule has 0 fully saturated rings. The smallest absolute Gasteiger partial charge is 0.191 e. The molecule has 1 rings (SSSR count). The van der Waals surface area contributed by atoms with E-state index in [0.29, 0.717) is 5.92 Å². The van der Waals surface area contributed by atoms with Crippen molar-refractivity contribution in [2.45, 2.75) is 26.8 Å². The Morgan fingerprint density at radius 1 is 1.18 bits per heavy atom. The van der Waals surface area contributed by atoms with E-state index in [9.17, 15) is 4.39 Å². The van der Waals surface area contributed by atoms with Crippen LogP contribution in [0.15, 0.2) is 29.3 Å². The number of likely N-dealkylation sites (N-methyl/N-ethyl adjacent to an activating group) is 1. The maximum Gasteiger partial charge on any atom is 0.191 e. The standard InChI is InChI=1S/C17H29FN4/c1-14(2)9-10-20-17(19-3)21-11-12-22(4)13-15-5-7-16(18)8-6-15/h5-8,14H,9-13H2,1-4H3,(H2,19,20,21). The Bertz CT molecular complexity index is 442. The van der Waals surface area contributed by atoms with E-state index in [1.807, 2.05) is 12.1 Å². The molecule has 0 amide bonds. The zero-order valence-electron chi connectivity index (χ0n) is 14.2. The number of rotatable bonds is 8. The third-order valence-electron chi connectivity index (χ3n) is 3.39. The van der Waals surface area contributed by atoms with Crippen molar-refractivity contribution in [3.8, 4) is 0 Å². The van der Waals surface area contributed by atoms with Crippen molar-refractivity contribution in [1.82, 2.24) is 15.5 Å². The van der Waals surface area contributed by atoms with E-state index in [0.717, 1.165) is 44.1 Å². The van der Waals surface area contributed by atoms with Gasteiger partial charge in [-0.25, -0.2) is 4.39 Å². The van der Waals surface area contributed by atoms with Crippen LogP contribution in [0, 0.1) is 11.7 Å². The number of nitrogens with one attached hydrogen (secondary N) is 2. The summed E-state index contributed by atoms with van der Waals surface area (Å²) in [5.74, 6) is 1.34. The fourth-order valence-corrected chi connectivity index (χ4v) is 2.05. The Labute approximate surface area is 133 Å². The second-order valence-corrected chi connectivity index (χ2v) is 5.97. The first-order valence-corrected chi connectivity index (χ1v) is 7.88. The van der Waals surface area contributed by atoms with Gasteiger partial charge in [0.2, 0.25) is 0 Å². The Balaban J connectivity index is 2.22. The molecule has 0 aliphatic rings. The minimum absolute atomic E-state index is 0.190. The van der Waals surface area contributed by atoms with E-state index in [1.54, 1.807) is 7.05 Å². The molecule has 0 aromatic heterocycles. The molecule has 124 valence electrons. The lowest BCUT2D eigenvalue weighted by atomic mass is 10.1. The Kier molecular flexibility index (Phi) is 8.51. The molecule has 0 aliphatic heterocycles. The highest BCUT2D eigenvalue weighted by molar-refractivity contribution is 5.79. The average Bonchev–Trinajstić information content (AvgIpc) is 2.47. The Morgan fingerprint density at radius 3 is 2.41 bits per heavy atom. The minimum atomic E-state index is -0.190. The van der Waals surface area contributed by atoms with Gasteiger partial charge in [0.25, 0.3) is 0 Å². The van der Waals surface area contributed by atoms with Crippen molar-refractivity contribution in [3.05, 3.63) is 35.6 Å². The van der Waals surface area contributed by atoms with Crippen LogP contribution >= 0.6 is 0 Å². The fourth-order valence-electron chi connectivity index (χ4n) is 2.05. The Hall–Kier alpha value is -1.62. The highest BCUT2D eigenvalue weighted by atomic mass is 19.1. The second-order valence-electron chi connectivity index (χ2n) is 5.97. The predicted molar refractivity (Wildman–Crippen MR) is 91.6 cm³/mol. The van der Waals surface area contributed by atoms with E-state index >= 15 is 0 Å². The highest BCUT2D eigenvalue weighted by Gasteiger charge is 2.02. The van der Waals surface area contributed by atoms with E-state index in [2.05, 4.69) is 41.4 Å². The van der Waals surface area contributed by atoms with Gasteiger partial charge < -0.3 is 15.5 Å². The number of hydrogen-bond acceptors (Lipinski definition) is 2. The molecule has 2 N–H and O–H groups in total. The van der Waals surface area contributed by atoms with Crippen molar-refractivity contribution in [1.29, 1.82) is 0 Å². The summed E-state index contributed by atoms with van der Waals surface area (Å²) in [5, 5.41) is 6.62. The van der Waals surface area contributed by atoms with E-state index < -0.39 is 0 Å². The van der Waals surface area contributed by atoms with Crippen molar-refractivity contribution in [3.63, 3.8) is 0 Å². The molecule has 0 spiro atoms. The zero-order chi connectivity index (χ0) is 16.4. The molecule has 0 bridgehead atoms. The molecule has 0 heterocycles. The van der Waals surface area contributed by atoms with Crippen molar-refractivity contribution < 1.29 is 4.39 Å². The van der Waals surface area contributed by atoms with Crippen molar-refractivity contribution >= 4 is 5.96 Å². The molecule has 0 radical (unpaired) electrons. The summed E-state index contributed by atoms with van der Waals surface area (Å²) < 4.78 is 12.9. The molecular formula is C17H29FN4. The number of hydrogen-bond donors (Lipinski definition) is 2. The van der Waals surface area contributed by atoms with E-state index in [1.165, 1.54) is 12.1 Å². The van der Waals surface area contributed by atoms with Crippen LogP contribution in [0.3, 0.4) is 0 Å². The topological polar surface area (TPSA) is 39.7 Å². The summed E-state index contributed by atoms with van der Waals surface area (Å²) in [6, 6.07) is 6.65. The van der Waals surface area contributed by atoms with Gasteiger partial charge in [0.15, 0.2) is 5.96 Å². The monoisotopic (exact) mass is 308 g/mol. The van der Waals surface area contributed by atoms with Gasteiger partial charge in [-0.05, 0) is 37.1 Å².